The van der Waals surface area contributed by atoms with Crippen molar-refractivity contribution in [2.75, 3.05) is 0 Å². The molecule has 2 heterocycles. The lowest BCUT2D eigenvalue weighted by atomic mass is 9.51. The zero-order valence-corrected chi connectivity index (χ0v) is 15.7. The first kappa shape index (κ1) is 17.1. The molecule has 2 unspecified atom stereocenters. The predicted octanol–water partition coefficient (Wildman–Crippen LogP) is 3.06. The molecule has 2 bridgehead atoms. The van der Waals surface area contributed by atoms with Gasteiger partial charge in [-0.15, -0.1) is 0 Å². The summed E-state index contributed by atoms with van der Waals surface area (Å²) in [6.07, 6.45) is 1.47. The van der Waals surface area contributed by atoms with Crippen LogP contribution in [0.25, 0.3) is 0 Å². The summed E-state index contributed by atoms with van der Waals surface area (Å²) in [6.45, 7) is -0.0229. The van der Waals surface area contributed by atoms with E-state index in [1.54, 1.807) is 36.4 Å². The first-order valence-corrected chi connectivity index (χ1v) is 9.77. The number of carbonyl (C=O) groups is 2. The second-order valence-corrected chi connectivity index (χ2v) is 8.02. The van der Waals surface area contributed by atoms with Gasteiger partial charge in [-0.05, 0) is 23.3 Å². The van der Waals surface area contributed by atoms with Crippen LogP contribution in [0.3, 0.4) is 0 Å². The lowest BCUT2D eigenvalue weighted by Crippen LogP contribution is -2.57. The topological polar surface area (TPSA) is 93.7 Å². The van der Waals surface area contributed by atoms with Crippen molar-refractivity contribution in [2.45, 2.75) is 18.0 Å². The Morgan fingerprint density at radius 1 is 0.933 bits per heavy atom. The number of benzene rings is 2. The highest BCUT2D eigenvalue weighted by molar-refractivity contribution is 6.08. The summed E-state index contributed by atoms with van der Waals surface area (Å²) in [6, 6.07) is 17.7. The van der Waals surface area contributed by atoms with Crippen LogP contribution in [0.5, 0.6) is 0 Å². The number of nitro groups is 1. The van der Waals surface area contributed by atoms with Gasteiger partial charge >= 0.3 is 0 Å². The van der Waals surface area contributed by atoms with E-state index in [0.717, 1.165) is 16.0 Å². The number of likely N-dealkylation sites (tertiary alicyclic amines) is 1. The largest absolute Gasteiger partial charge is 0.467 e. The van der Waals surface area contributed by atoms with Gasteiger partial charge in [-0.1, -0.05) is 48.5 Å². The van der Waals surface area contributed by atoms with Crippen molar-refractivity contribution in [1.82, 2.24) is 4.90 Å². The molecule has 2 aromatic carbocycles. The standard InChI is InChI=1S/C23H16N2O5/c26-21-19-18-14-7-1-3-9-16(14)23(25(28)29,17-10-4-2-8-15(17)18)20(19)22(27)24(21)12-13-6-5-11-30-13/h1-11,18-20H,12H2. The number of amides is 2. The molecule has 7 heteroatoms. The zero-order valence-electron chi connectivity index (χ0n) is 15.7. The van der Waals surface area contributed by atoms with Gasteiger partial charge < -0.3 is 4.42 Å². The molecule has 0 radical (unpaired) electrons. The van der Waals surface area contributed by atoms with E-state index < -0.39 is 23.3 Å². The highest BCUT2D eigenvalue weighted by atomic mass is 16.6. The number of hydrogen-bond donors (Lipinski definition) is 0. The molecule has 0 saturated carbocycles. The van der Waals surface area contributed by atoms with E-state index in [1.165, 1.54) is 6.26 Å². The van der Waals surface area contributed by atoms with E-state index in [0.29, 0.717) is 16.9 Å². The average molecular weight is 400 g/mol. The van der Waals surface area contributed by atoms with Crippen LogP contribution in [-0.4, -0.2) is 21.6 Å². The van der Waals surface area contributed by atoms with Gasteiger partial charge in [-0.3, -0.25) is 24.6 Å². The molecule has 148 valence electrons. The highest BCUT2D eigenvalue weighted by Crippen LogP contribution is 2.64. The summed E-state index contributed by atoms with van der Waals surface area (Å²) in [5.74, 6) is -2.68. The van der Waals surface area contributed by atoms with Crippen molar-refractivity contribution >= 4 is 11.8 Å². The summed E-state index contributed by atoms with van der Waals surface area (Å²) in [5.41, 5.74) is 0.768. The van der Waals surface area contributed by atoms with Crippen LogP contribution >= 0.6 is 0 Å². The molecule has 3 aliphatic carbocycles. The Balaban J connectivity index is 1.63. The van der Waals surface area contributed by atoms with Crippen LogP contribution in [0.2, 0.25) is 0 Å². The molecule has 7 nitrogen and oxygen atoms in total. The Hall–Kier alpha value is -3.74. The lowest BCUT2D eigenvalue weighted by Gasteiger charge is -2.48. The maximum atomic E-state index is 13.6. The number of furan rings is 1. The van der Waals surface area contributed by atoms with Crippen LogP contribution in [0, 0.1) is 22.0 Å². The summed E-state index contributed by atoms with van der Waals surface area (Å²) >= 11 is 0. The van der Waals surface area contributed by atoms with Crippen LogP contribution in [0.15, 0.2) is 71.3 Å². The molecule has 0 spiro atoms. The van der Waals surface area contributed by atoms with E-state index in [4.69, 9.17) is 4.42 Å². The Morgan fingerprint density at radius 3 is 2.13 bits per heavy atom. The molecule has 2 atom stereocenters. The first-order chi connectivity index (χ1) is 14.6. The minimum Gasteiger partial charge on any atom is -0.467 e. The molecule has 0 N–H and O–H groups in total. The van der Waals surface area contributed by atoms with Crippen LogP contribution < -0.4 is 0 Å². The third-order valence-electron chi connectivity index (χ3n) is 6.85. The molecule has 1 aromatic heterocycles. The number of imide groups is 1. The molecular formula is C23H16N2O5. The Morgan fingerprint density at radius 2 is 1.57 bits per heavy atom. The maximum Gasteiger partial charge on any atom is 0.284 e. The normalized spacial score (nSPS) is 28.3. The van der Waals surface area contributed by atoms with E-state index in [-0.39, 0.29) is 23.3 Å². The molecule has 3 aromatic rings. The third kappa shape index (κ3) is 1.81. The van der Waals surface area contributed by atoms with Gasteiger partial charge in [-0.2, -0.15) is 0 Å². The quantitative estimate of drug-likeness (QED) is 0.383. The fraction of sp³-hybridized carbons (Fsp3) is 0.217. The minimum absolute atomic E-state index is 0.0229. The molecule has 1 aliphatic heterocycles. The second-order valence-electron chi connectivity index (χ2n) is 8.02. The van der Waals surface area contributed by atoms with Crippen molar-refractivity contribution in [3.05, 3.63) is 105 Å². The molecular weight excluding hydrogens is 384 g/mol. The molecule has 1 saturated heterocycles. The molecule has 2 amide bonds. The minimum atomic E-state index is -1.78. The van der Waals surface area contributed by atoms with Crippen LogP contribution in [-0.2, 0) is 21.7 Å². The van der Waals surface area contributed by atoms with Gasteiger partial charge in [0.25, 0.3) is 5.54 Å². The van der Waals surface area contributed by atoms with Gasteiger partial charge in [0, 0.05) is 22.0 Å². The van der Waals surface area contributed by atoms with Crippen molar-refractivity contribution < 1.29 is 18.9 Å². The predicted molar refractivity (Wildman–Crippen MR) is 104 cm³/mol. The maximum absolute atomic E-state index is 13.6. The average Bonchev–Trinajstić information content (AvgIpc) is 3.37. The fourth-order valence-electron chi connectivity index (χ4n) is 5.82. The Bertz CT molecular complexity index is 1180. The Kier molecular flexibility index (Phi) is 3.23. The smallest absolute Gasteiger partial charge is 0.284 e. The third-order valence-corrected chi connectivity index (χ3v) is 6.85. The summed E-state index contributed by atoms with van der Waals surface area (Å²) in [7, 11) is 0. The summed E-state index contributed by atoms with van der Waals surface area (Å²) in [4.78, 5) is 40.6. The number of hydrogen-bond acceptors (Lipinski definition) is 5. The van der Waals surface area contributed by atoms with Crippen molar-refractivity contribution in [2.24, 2.45) is 11.8 Å². The molecule has 1 fully saturated rings. The van der Waals surface area contributed by atoms with E-state index in [9.17, 15) is 19.7 Å². The lowest BCUT2D eigenvalue weighted by molar-refractivity contribution is -0.578. The number of nitrogens with zero attached hydrogens (tertiary/aromatic N) is 2. The number of rotatable bonds is 3. The van der Waals surface area contributed by atoms with E-state index >= 15 is 0 Å². The first-order valence-electron chi connectivity index (χ1n) is 9.77. The Labute approximate surface area is 171 Å². The van der Waals surface area contributed by atoms with Crippen LogP contribution in [0.4, 0.5) is 0 Å². The van der Waals surface area contributed by atoms with Crippen molar-refractivity contribution in [3.63, 3.8) is 0 Å². The number of carbonyl (C=O) groups excluding carboxylic acids is 2. The highest BCUT2D eigenvalue weighted by Gasteiger charge is 2.74. The molecule has 30 heavy (non-hydrogen) atoms. The fourth-order valence-corrected chi connectivity index (χ4v) is 5.82. The molecule has 4 aliphatic rings. The van der Waals surface area contributed by atoms with Crippen molar-refractivity contribution in [1.29, 1.82) is 0 Å². The van der Waals surface area contributed by atoms with Gasteiger partial charge in [-0.25, -0.2) is 0 Å². The monoisotopic (exact) mass is 400 g/mol. The zero-order chi connectivity index (χ0) is 20.6. The van der Waals surface area contributed by atoms with E-state index in [1.807, 2.05) is 24.3 Å². The molecule has 7 rings (SSSR count). The summed E-state index contributed by atoms with van der Waals surface area (Å²) < 4.78 is 5.33. The van der Waals surface area contributed by atoms with Crippen LogP contribution in [0.1, 0.15) is 33.9 Å². The van der Waals surface area contributed by atoms with Gasteiger partial charge in [0.05, 0.1) is 18.7 Å². The van der Waals surface area contributed by atoms with Gasteiger partial charge in [0.15, 0.2) is 0 Å². The van der Waals surface area contributed by atoms with E-state index in [2.05, 4.69) is 0 Å². The van der Waals surface area contributed by atoms with Gasteiger partial charge in [0.1, 0.15) is 11.7 Å². The SMILES string of the molecule is O=C1C2C3c4ccccc4C([N+](=O)[O-])(c4ccccc43)C2C(=O)N1Cc1ccco1. The van der Waals surface area contributed by atoms with Crippen molar-refractivity contribution in [3.8, 4) is 0 Å². The second kappa shape index (κ2) is 5.66. The van der Waals surface area contributed by atoms with Gasteiger partial charge in [0.2, 0.25) is 11.8 Å². The summed E-state index contributed by atoms with van der Waals surface area (Å²) in [5, 5.41) is 12.8.